The van der Waals surface area contributed by atoms with Gasteiger partial charge in [-0.25, -0.2) is 17.5 Å². The number of amides is 2. The van der Waals surface area contributed by atoms with Crippen molar-refractivity contribution in [2.24, 2.45) is 0 Å². The lowest BCUT2D eigenvalue weighted by molar-refractivity contribution is -0.121. The molecule has 3 rings (SSSR count). The lowest BCUT2D eigenvalue weighted by Gasteiger charge is -2.10. The Kier molecular flexibility index (Phi) is 8.14. The molecule has 0 aliphatic carbocycles. The van der Waals surface area contributed by atoms with Crippen LogP contribution in [-0.2, 0) is 21.4 Å². The molecule has 0 radical (unpaired) electrons. The first-order valence-electron chi connectivity index (χ1n) is 10.6. The van der Waals surface area contributed by atoms with Crippen molar-refractivity contribution in [2.45, 2.75) is 31.7 Å². The van der Waals surface area contributed by atoms with E-state index < -0.39 is 15.8 Å². The van der Waals surface area contributed by atoms with Crippen LogP contribution in [0.4, 0.5) is 10.1 Å². The zero-order chi connectivity index (χ0) is 24.7. The number of anilines is 1. The van der Waals surface area contributed by atoms with Gasteiger partial charge in [-0.15, -0.1) is 0 Å². The van der Waals surface area contributed by atoms with E-state index in [1.165, 1.54) is 30.3 Å². The lowest BCUT2D eigenvalue weighted by atomic mass is 10.1. The number of aryl methyl sites for hydroxylation is 2. The highest BCUT2D eigenvalue weighted by atomic mass is 32.2. The Balaban J connectivity index is 1.48. The molecule has 0 aliphatic heterocycles. The van der Waals surface area contributed by atoms with Crippen molar-refractivity contribution in [3.63, 3.8) is 0 Å². The molecule has 0 saturated carbocycles. The Bertz CT molecular complexity index is 1290. The normalized spacial score (nSPS) is 11.1. The maximum absolute atomic E-state index is 13.0. The summed E-state index contributed by atoms with van der Waals surface area (Å²) in [6.45, 7) is 3.92. The van der Waals surface area contributed by atoms with Gasteiger partial charge in [0.1, 0.15) is 5.82 Å². The van der Waals surface area contributed by atoms with Crippen molar-refractivity contribution >= 4 is 27.5 Å². The van der Waals surface area contributed by atoms with Crippen LogP contribution in [0.5, 0.6) is 0 Å². The summed E-state index contributed by atoms with van der Waals surface area (Å²) in [4.78, 5) is 24.6. The zero-order valence-corrected chi connectivity index (χ0v) is 19.7. The highest BCUT2D eigenvalue weighted by Crippen LogP contribution is 2.15. The molecule has 7 nitrogen and oxygen atoms in total. The van der Waals surface area contributed by atoms with Crippen LogP contribution in [0.2, 0.25) is 0 Å². The van der Waals surface area contributed by atoms with Gasteiger partial charge in [0.15, 0.2) is 0 Å². The average Bonchev–Trinajstić information content (AvgIpc) is 2.80. The number of sulfonamides is 1. The molecule has 2 amide bonds. The Morgan fingerprint density at radius 3 is 2.35 bits per heavy atom. The van der Waals surface area contributed by atoms with Gasteiger partial charge in [-0.05, 0) is 79.1 Å². The first kappa shape index (κ1) is 25.1. The van der Waals surface area contributed by atoms with Gasteiger partial charge in [0.25, 0.3) is 5.91 Å². The van der Waals surface area contributed by atoms with E-state index in [0.717, 1.165) is 16.7 Å². The average molecular weight is 484 g/mol. The van der Waals surface area contributed by atoms with Gasteiger partial charge in [-0.1, -0.05) is 18.2 Å². The van der Waals surface area contributed by atoms with Crippen molar-refractivity contribution in [3.05, 3.63) is 94.8 Å². The topological polar surface area (TPSA) is 104 Å². The van der Waals surface area contributed by atoms with Crippen molar-refractivity contribution in [1.29, 1.82) is 0 Å². The highest BCUT2D eigenvalue weighted by Gasteiger charge is 2.15. The zero-order valence-electron chi connectivity index (χ0n) is 18.9. The summed E-state index contributed by atoms with van der Waals surface area (Å²) < 4.78 is 40.3. The molecule has 0 unspecified atom stereocenters. The minimum absolute atomic E-state index is 0.0228. The van der Waals surface area contributed by atoms with Gasteiger partial charge in [0, 0.05) is 30.8 Å². The van der Waals surface area contributed by atoms with Crippen molar-refractivity contribution in [2.75, 3.05) is 11.9 Å². The van der Waals surface area contributed by atoms with Crippen molar-refractivity contribution < 1.29 is 22.4 Å². The van der Waals surface area contributed by atoms with E-state index >= 15 is 0 Å². The van der Waals surface area contributed by atoms with Crippen LogP contribution in [0.25, 0.3) is 0 Å². The Labute approximate surface area is 198 Å². The van der Waals surface area contributed by atoms with E-state index in [1.54, 1.807) is 36.4 Å². The molecule has 0 heterocycles. The number of carbonyl (C=O) groups is 2. The predicted octanol–water partition coefficient (Wildman–Crippen LogP) is 3.68. The monoisotopic (exact) mass is 483 g/mol. The number of rotatable bonds is 9. The molecular weight excluding hydrogens is 457 g/mol. The molecule has 0 aromatic heterocycles. The maximum atomic E-state index is 13.0. The van der Waals surface area contributed by atoms with Crippen LogP contribution >= 0.6 is 0 Å². The summed E-state index contributed by atoms with van der Waals surface area (Å²) in [5.74, 6) is -1.12. The Hall–Kier alpha value is -3.56. The van der Waals surface area contributed by atoms with Crippen LogP contribution in [-0.4, -0.2) is 26.8 Å². The second-order valence-corrected chi connectivity index (χ2v) is 9.60. The molecule has 34 heavy (non-hydrogen) atoms. The first-order chi connectivity index (χ1) is 16.1. The summed E-state index contributed by atoms with van der Waals surface area (Å²) >= 11 is 0. The molecule has 0 spiro atoms. The van der Waals surface area contributed by atoms with E-state index in [2.05, 4.69) is 15.4 Å². The minimum Gasteiger partial charge on any atom is -0.352 e. The molecule has 0 atom stereocenters. The maximum Gasteiger partial charge on any atom is 0.255 e. The van der Waals surface area contributed by atoms with Crippen LogP contribution in [0.3, 0.4) is 0 Å². The summed E-state index contributed by atoms with van der Waals surface area (Å²) in [7, 11) is -3.70. The number of hydrogen-bond acceptors (Lipinski definition) is 4. The molecule has 0 fully saturated rings. The van der Waals surface area contributed by atoms with Gasteiger partial charge in [0.2, 0.25) is 15.9 Å². The molecule has 9 heteroatoms. The fourth-order valence-corrected chi connectivity index (χ4v) is 4.23. The second kappa shape index (κ2) is 11.0. The number of benzene rings is 3. The van der Waals surface area contributed by atoms with Crippen molar-refractivity contribution in [1.82, 2.24) is 10.0 Å². The van der Waals surface area contributed by atoms with Gasteiger partial charge in [-0.3, -0.25) is 9.59 Å². The van der Waals surface area contributed by atoms with Crippen LogP contribution in [0.1, 0.15) is 33.5 Å². The van der Waals surface area contributed by atoms with E-state index in [4.69, 9.17) is 0 Å². The lowest BCUT2D eigenvalue weighted by Crippen LogP contribution is -2.30. The van der Waals surface area contributed by atoms with E-state index in [-0.39, 0.29) is 36.2 Å². The molecule has 3 aromatic carbocycles. The van der Waals surface area contributed by atoms with Crippen LogP contribution in [0.15, 0.2) is 71.6 Å². The molecule has 178 valence electrons. The van der Waals surface area contributed by atoms with Crippen LogP contribution < -0.4 is 15.4 Å². The van der Waals surface area contributed by atoms with E-state index in [1.807, 2.05) is 13.8 Å². The van der Waals surface area contributed by atoms with Gasteiger partial charge in [-0.2, -0.15) is 0 Å². The number of halogens is 1. The number of hydrogen-bond donors (Lipinski definition) is 3. The molecular formula is C25H26FN3O4S. The first-order valence-corrected chi connectivity index (χ1v) is 12.1. The van der Waals surface area contributed by atoms with E-state index in [0.29, 0.717) is 11.3 Å². The summed E-state index contributed by atoms with van der Waals surface area (Å²) in [5, 5.41) is 5.46. The highest BCUT2D eigenvalue weighted by molar-refractivity contribution is 7.89. The Morgan fingerprint density at radius 1 is 0.912 bits per heavy atom. The Morgan fingerprint density at radius 2 is 1.65 bits per heavy atom. The second-order valence-electron chi connectivity index (χ2n) is 7.83. The predicted molar refractivity (Wildman–Crippen MR) is 128 cm³/mol. The summed E-state index contributed by atoms with van der Waals surface area (Å²) in [5.41, 5.74) is 3.47. The molecule has 3 aromatic rings. The summed E-state index contributed by atoms with van der Waals surface area (Å²) in [6, 6.07) is 17.0. The summed E-state index contributed by atoms with van der Waals surface area (Å²) in [6.07, 6.45) is -0.0228. The molecule has 0 saturated heterocycles. The molecule has 0 bridgehead atoms. The third-order valence-electron chi connectivity index (χ3n) is 5.21. The fraction of sp³-hybridized carbons (Fsp3) is 0.200. The van der Waals surface area contributed by atoms with E-state index in [9.17, 15) is 22.4 Å². The van der Waals surface area contributed by atoms with Crippen LogP contribution in [0, 0.1) is 19.7 Å². The quantitative estimate of drug-likeness (QED) is 0.432. The number of nitrogens with one attached hydrogen (secondary N) is 3. The third kappa shape index (κ3) is 6.97. The SMILES string of the molecule is Cc1ccc(S(=O)(=O)NCCC(=O)NCc2cccc(NC(=O)c3ccc(F)cc3)c2)cc1C. The largest absolute Gasteiger partial charge is 0.352 e. The molecule has 3 N–H and O–H groups in total. The van der Waals surface area contributed by atoms with Gasteiger partial charge in [0.05, 0.1) is 4.90 Å². The standard InChI is InChI=1S/C25H26FN3O4S/c1-17-6-11-23(14-18(17)2)34(32,33)28-13-12-24(30)27-16-19-4-3-5-22(15-19)29-25(31)20-7-9-21(26)10-8-20/h3-11,14-15,28H,12-13,16H2,1-2H3,(H,27,30)(H,29,31). The van der Waals surface area contributed by atoms with Gasteiger partial charge < -0.3 is 10.6 Å². The molecule has 0 aliphatic rings. The fourth-order valence-electron chi connectivity index (χ4n) is 3.12. The third-order valence-corrected chi connectivity index (χ3v) is 6.67. The minimum atomic E-state index is -3.70. The smallest absolute Gasteiger partial charge is 0.255 e. The number of carbonyl (C=O) groups excluding carboxylic acids is 2. The van der Waals surface area contributed by atoms with Gasteiger partial charge >= 0.3 is 0 Å². The van der Waals surface area contributed by atoms with Crippen molar-refractivity contribution in [3.8, 4) is 0 Å².